The summed E-state index contributed by atoms with van der Waals surface area (Å²) in [5, 5.41) is 5.97. The number of nitrogens with zero attached hydrogens (tertiary/aromatic N) is 1. The van der Waals surface area contributed by atoms with Crippen LogP contribution in [-0.2, 0) is 4.74 Å². The highest BCUT2D eigenvalue weighted by Crippen LogP contribution is 2.17. The van der Waals surface area contributed by atoms with Crippen LogP contribution in [0.1, 0.15) is 70.7 Å². The molecule has 140 valence electrons. The van der Waals surface area contributed by atoms with Crippen LogP contribution in [0.2, 0.25) is 0 Å². The molecule has 0 aliphatic heterocycles. The van der Waals surface area contributed by atoms with E-state index in [0.717, 1.165) is 12.8 Å². The van der Waals surface area contributed by atoms with Gasteiger partial charge in [-0.05, 0) is 59.1 Å². The van der Waals surface area contributed by atoms with Crippen LogP contribution in [0.5, 0.6) is 0 Å². The number of rotatable bonds is 9. The summed E-state index contributed by atoms with van der Waals surface area (Å²) in [5.41, 5.74) is 0.127. The summed E-state index contributed by atoms with van der Waals surface area (Å²) in [7, 11) is 0. The van der Waals surface area contributed by atoms with Gasteiger partial charge in [0.05, 0.1) is 5.56 Å². The summed E-state index contributed by atoms with van der Waals surface area (Å²) < 4.78 is 5.16. The maximum atomic E-state index is 12.4. The summed E-state index contributed by atoms with van der Waals surface area (Å²) in [5.74, 6) is 0.713. The average molecular weight is 349 g/mol. The first-order valence-corrected chi connectivity index (χ1v) is 8.94. The SMILES string of the molecule is CC[C@H](C)Nc1ncccc1C(=O)CCCCNC(=O)OC(C)(C)C. The van der Waals surface area contributed by atoms with E-state index in [-0.39, 0.29) is 11.8 Å². The van der Waals surface area contributed by atoms with Gasteiger partial charge >= 0.3 is 6.09 Å². The fraction of sp³-hybridized carbons (Fsp3) is 0.632. The molecular weight excluding hydrogens is 318 g/mol. The lowest BCUT2D eigenvalue weighted by molar-refractivity contribution is 0.0527. The smallest absolute Gasteiger partial charge is 0.407 e. The molecular formula is C19H31N3O3. The van der Waals surface area contributed by atoms with Gasteiger partial charge in [-0.3, -0.25) is 4.79 Å². The highest BCUT2D eigenvalue weighted by molar-refractivity contribution is 6.00. The lowest BCUT2D eigenvalue weighted by atomic mass is 10.1. The predicted octanol–water partition coefficient (Wildman–Crippen LogP) is 4.17. The molecule has 1 atom stereocenters. The molecule has 0 spiro atoms. The number of pyridine rings is 1. The molecule has 1 aromatic rings. The first kappa shape index (κ1) is 20.9. The van der Waals surface area contributed by atoms with Gasteiger partial charge in [0, 0.05) is 25.2 Å². The van der Waals surface area contributed by atoms with Gasteiger partial charge in [-0.25, -0.2) is 9.78 Å². The maximum Gasteiger partial charge on any atom is 0.407 e. The standard InChI is InChI=1S/C19H31N3O3/c1-6-14(2)22-17-15(10-9-13-20-17)16(23)11-7-8-12-21-18(24)25-19(3,4)5/h9-10,13-14H,6-8,11-12H2,1-5H3,(H,20,22)(H,21,24)/t14-/m0/s1. The zero-order valence-electron chi connectivity index (χ0n) is 16.0. The minimum absolute atomic E-state index is 0.0659. The van der Waals surface area contributed by atoms with E-state index in [4.69, 9.17) is 4.74 Å². The Morgan fingerprint density at radius 2 is 2.00 bits per heavy atom. The van der Waals surface area contributed by atoms with Crippen molar-refractivity contribution in [1.82, 2.24) is 10.3 Å². The molecule has 0 bridgehead atoms. The number of amides is 1. The van der Waals surface area contributed by atoms with E-state index in [2.05, 4.69) is 29.5 Å². The number of alkyl carbamates (subject to hydrolysis) is 1. The number of carbonyl (C=O) groups is 2. The number of unbranched alkanes of at least 4 members (excludes halogenated alkanes) is 1. The van der Waals surface area contributed by atoms with Crippen molar-refractivity contribution in [1.29, 1.82) is 0 Å². The molecule has 1 rings (SSSR count). The van der Waals surface area contributed by atoms with E-state index in [1.807, 2.05) is 20.8 Å². The summed E-state index contributed by atoms with van der Waals surface area (Å²) in [4.78, 5) is 28.2. The Morgan fingerprint density at radius 1 is 1.28 bits per heavy atom. The zero-order valence-corrected chi connectivity index (χ0v) is 16.0. The van der Waals surface area contributed by atoms with Crippen molar-refractivity contribution in [2.24, 2.45) is 0 Å². The molecule has 6 heteroatoms. The molecule has 0 fully saturated rings. The Hall–Kier alpha value is -2.11. The lowest BCUT2D eigenvalue weighted by Crippen LogP contribution is -2.33. The minimum Gasteiger partial charge on any atom is -0.444 e. The van der Waals surface area contributed by atoms with Gasteiger partial charge in [-0.2, -0.15) is 0 Å². The largest absolute Gasteiger partial charge is 0.444 e. The van der Waals surface area contributed by atoms with Gasteiger partial charge in [0.25, 0.3) is 0 Å². The van der Waals surface area contributed by atoms with Crippen LogP contribution < -0.4 is 10.6 Å². The summed E-state index contributed by atoms with van der Waals surface area (Å²) in [6, 6.07) is 3.84. The number of anilines is 1. The topological polar surface area (TPSA) is 80.3 Å². The van der Waals surface area contributed by atoms with Crippen LogP contribution in [0.15, 0.2) is 18.3 Å². The van der Waals surface area contributed by atoms with Crippen molar-refractivity contribution in [3.8, 4) is 0 Å². The molecule has 0 radical (unpaired) electrons. The van der Waals surface area contributed by atoms with E-state index < -0.39 is 11.7 Å². The highest BCUT2D eigenvalue weighted by atomic mass is 16.6. The molecule has 0 aliphatic rings. The second kappa shape index (κ2) is 10.0. The van der Waals surface area contributed by atoms with Gasteiger partial charge in [0.1, 0.15) is 11.4 Å². The van der Waals surface area contributed by atoms with Crippen molar-refractivity contribution in [3.05, 3.63) is 23.9 Å². The van der Waals surface area contributed by atoms with Crippen LogP contribution in [-0.4, -0.2) is 35.0 Å². The van der Waals surface area contributed by atoms with Gasteiger partial charge in [0.15, 0.2) is 5.78 Å². The first-order chi connectivity index (χ1) is 11.7. The Morgan fingerprint density at radius 3 is 2.64 bits per heavy atom. The van der Waals surface area contributed by atoms with Gasteiger partial charge in [-0.1, -0.05) is 6.92 Å². The Kier molecular flexibility index (Phi) is 8.38. The number of hydrogen-bond donors (Lipinski definition) is 2. The normalized spacial score (nSPS) is 12.4. The van der Waals surface area contributed by atoms with Crippen LogP contribution in [0.3, 0.4) is 0 Å². The second-order valence-corrected chi connectivity index (χ2v) is 7.16. The predicted molar refractivity (Wildman–Crippen MR) is 100 cm³/mol. The Bertz CT molecular complexity index is 567. The molecule has 1 aromatic heterocycles. The minimum atomic E-state index is -0.501. The molecule has 0 aromatic carbocycles. The number of ketones is 1. The number of ether oxygens (including phenoxy) is 1. The zero-order chi connectivity index (χ0) is 18.9. The molecule has 25 heavy (non-hydrogen) atoms. The maximum absolute atomic E-state index is 12.4. The lowest BCUT2D eigenvalue weighted by Gasteiger charge is -2.19. The number of aromatic nitrogens is 1. The summed E-state index contributed by atoms with van der Waals surface area (Å²) >= 11 is 0. The fourth-order valence-electron chi connectivity index (χ4n) is 2.13. The molecule has 0 unspecified atom stereocenters. The molecule has 1 amide bonds. The first-order valence-electron chi connectivity index (χ1n) is 8.94. The van der Waals surface area contributed by atoms with E-state index in [1.54, 1.807) is 18.3 Å². The molecule has 6 nitrogen and oxygen atoms in total. The third kappa shape index (κ3) is 8.52. The van der Waals surface area contributed by atoms with Crippen molar-refractivity contribution in [3.63, 3.8) is 0 Å². The summed E-state index contributed by atoms with van der Waals surface area (Å²) in [6.45, 7) is 10.1. The van der Waals surface area contributed by atoms with E-state index in [1.165, 1.54) is 0 Å². The van der Waals surface area contributed by atoms with E-state index >= 15 is 0 Å². The van der Waals surface area contributed by atoms with Crippen molar-refractivity contribution in [2.45, 2.75) is 71.9 Å². The van der Waals surface area contributed by atoms with Crippen molar-refractivity contribution < 1.29 is 14.3 Å². The van der Waals surface area contributed by atoms with Gasteiger partial charge in [0.2, 0.25) is 0 Å². The van der Waals surface area contributed by atoms with Crippen molar-refractivity contribution in [2.75, 3.05) is 11.9 Å². The third-order valence-electron chi connectivity index (χ3n) is 3.60. The van der Waals surface area contributed by atoms with Gasteiger partial charge in [-0.15, -0.1) is 0 Å². The monoisotopic (exact) mass is 349 g/mol. The average Bonchev–Trinajstić information content (AvgIpc) is 2.53. The van der Waals surface area contributed by atoms with E-state index in [0.29, 0.717) is 30.8 Å². The summed E-state index contributed by atoms with van der Waals surface area (Å²) in [6.07, 6.45) is 4.07. The number of carbonyl (C=O) groups excluding carboxylic acids is 2. The Balaban J connectivity index is 2.39. The van der Waals surface area contributed by atoms with Crippen LogP contribution in [0.25, 0.3) is 0 Å². The third-order valence-corrected chi connectivity index (χ3v) is 3.60. The van der Waals surface area contributed by atoms with Crippen molar-refractivity contribution >= 4 is 17.7 Å². The molecule has 2 N–H and O–H groups in total. The number of Topliss-reactive ketones (excluding diaryl/α,β-unsaturated/α-hetero) is 1. The van der Waals surface area contributed by atoms with Gasteiger partial charge < -0.3 is 15.4 Å². The Labute approximate surface area is 150 Å². The molecule has 1 heterocycles. The highest BCUT2D eigenvalue weighted by Gasteiger charge is 2.16. The molecule has 0 saturated heterocycles. The molecule has 0 aliphatic carbocycles. The van der Waals surface area contributed by atoms with Crippen LogP contribution >= 0.6 is 0 Å². The van der Waals surface area contributed by atoms with E-state index in [9.17, 15) is 9.59 Å². The quantitative estimate of drug-likeness (QED) is 0.516. The molecule has 0 saturated carbocycles. The second-order valence-electron chi connectivity index (χ2n) is 7.16. The number of hydrogen-bond acceptors (Lipinski definition) is 5. The van der Waals surface area contributed by atoms with Crippen LogP contribution in [0, 0.1) is 0 Å². The van der Waals surface area contributed by atoms with Crippen LogP contribution in [0.4, 0.5) is 10.6 Å². The fourth-order valence-corrected chi connectivity index (χ4v) is 2.13. The number of nitrogens with one attached hydrogen (secondary N) is 2.